The molecule has 0 aromatic heterocycles. The van der Waals surface area contributed by atoms with Crippen molar-refractivity contribution >= 4 is 11.8 Å². The lowest BCUT2D eigenvalue weighted by Crippen LogP contribution is -2.66. The number of carbonyl (C=O) groups excluding carboxylic acids is 2. The molecule has 2 amide bonds. The fourth-order valence-corrected chi connectivity index (χ4v) is 2.53. The van der Waals surface area contributed by atoms with Gasteiger partial charge < -0.3 is 15.0 Å². The van der Waals surface area contributed by atoms with Crippen LogP contribution in [-0.4, -0.2) is 47.6 Å². The van der Waals surface area contributed by atoms with E-state index >= 15 is 0 Å². The minimum Gasteiger partial charge on any atom is -0.374 e. The summed E-state index contributed by atoms with van der Waals surface area (Å²) in [6.45, 7) is 12.6. The summed E-state index contributed by atoms with van der Waals surface area (Å²) in [5, 5.41) is 2.84. The van der Waals surface area contributed by atoms with Gasteiger partial charge in [0.2, 0.25) is 11.8 Å². The molecule has 3 atom stereocenters. The zero-order valence-electron chi connectivity index (χ0n) is 13.5. The van der Waals surface area contributed by atoms with Crippen LogP contribution in [0.4, 0.5) is 0 Å². The van der Waals surface area contributed by atoms with Crippen molar-refractivity contribution in [1.29, 1.82) is 0 Å². The first kappa shape index (κ1) is 17.0. The first-order valence-electron chi connectivity index (χ1n) is 7.48. The Balaban J connectivity index is 2.91. The zero-order valence-corrected chi connectivity index (χ0v) is 13.5. The summed E-state index contributed by atoms with van der Waals surface area (Å²) in [5.41, 5.74) is -0.448. The minimum absolute atomic E-state index is 0.000715. The number of amides is 2. The zero-order chi connectivity index (χ0) is 15.5. The Kier molecular flexibility index (Phi) is 5.57. The van der Waals surface area contributed by atoms with Crippen molar-refractivity contribution in [3.05, 3.63) is 0 Å². The second-order valence-corrected chi connectivity index (χ2v) is 6.21. The van der Waals surface area contributed by atoms with Gasteiger partial charge in [0.1, 0.15) is 12.1 Å². The molecule has 1 aliphatic heterocycles. The van der Waals surface area contributed by atoms with Gasteiger partial charge in [-0.3, -0.25) is 9.59 Å². The van der Waals surface area contributed by atoms with Crippen LogP contribution in [-0.2, 0) is 14.3 Å². The Labute approximate surface area is 122 Å². The van der Waals surface area contributed by atoms with Gasteiger partial charge in [-0.1, -0.05) is 20.3 Å². The van der Waals surface area contributed by atoms with Gasteiger partial charge in [-0.05, 0) is 33.6 Å². The van der Waals surface area contributed by atoms with Crippen molar-refractivity contribution in [3.8, 4) is 0 Å². The Bertz CT molecular complexity index is 368. The predicted molar refractivity (Wildman–Crippen MR) is 78.3 cm³/mol. The molecule has 1 saturated heterocycles. The largest absolute Gasteiger partial charge is 0.374 e. The van der Waals surface area contributed by atoms with Crippen molar-refractivity contribution in [2.45, 2.75) is 65.6 Å². The summed E-state index contributed by atoms with van der Waals surface area (Å²) in [7, 11) is 0. The number of ether oxygens (including phenoxy) is 1. The van der Waals surface area contributed by atoms with E-state index in [0.29, 0.717) is 13.2 Å². The van der Waals surface area contributed by atoms with Crippen LogP contribution >= 0.6 is 0 Å². The van der Waals surface area contributed by atoms with Crippen molar-refractivity contribution < 1.29 is 14.3 Å². The molecule has 3 unspecified atom stereocenters. The third-order valence-corrected chi connectivity index (χ3v) is 3.99. The molecule has 0 aromatic carbocycles. The number of nitrogens with one attached hydrogen (secondary N) is 1. The number of hydrogen-bond acceptors (Lipinski definition) is 3. The average Bonchev–Trinajstić information content (AvgIpc) is 2.38. The fraction of sp³-hybridized carbons (Fsp3) is 0.867. The Morgan fingerprint density at radius 3 is 2.45 bits per heavy atom. The predicted octanol–water partition coefficient (Wildman–Crippen LogP) is 1.56. The molecule has 0 radical (unpaired) electrons. The second kappa shape index (κ2) is 6.57. The molecular weight excluding hydrogens is 256 g/mol. The molecular formula is C15H28N2O3. The van der Waals surface area contributed by atoms with E-state index in [-0.39, 0.29) is 17.7 Å². The molecule has 1 heterocycles. The average molecular weight is 284 g/mol. The lowest BCUT2D eigenvalue weighted by atomic mass is 9.93. The molecule has 1 rings (SSSR count). The smallest absolute Gasteiger partial charge is 0.246 e. The number of carbonyl (C=O) groups is 2. The number of rotatable bonds is 6. The van der Waals surface area contributed by atoms with E-state index in [1.807, 2.05) is 34.6 Å². The van der Waals surface area contributed by atoms with Crippen LogP contribution in [0.2, 0.25) is 0 Å². The first-order valence-corrected chi connectivity index (χ1v) is 7.48. The highest BCUT2D eigenvalue weighted by Crippen LogP contribution is 2.21. The minimum atomic E-state index is -0.448. The molecule has 0 aromatic rings. The molecule has 1 N–H and O–H groups in total. The van der Waals surface area contributed by atoms with Crippen molar-refractivity contribution in [2.75, 3.05) is 13.2 Å². The third-order valence-electron chi connectivity index (χ3n) is 3.99. The molecule has 1 fully saturated rings. The molecule has 20 heavy (non-hydrogen) atoms. The van der Waals surface area contributed by atoms with E-state index < -0.39 is 17.7 Å². The summed E-state index contributed by atoms with van der Waals surface area (Å²) in [6.07, 6.45) is 0.855. The van der Waals surface area contributed by atoms with Gasteiger partial charge in [0.15, 0.2) is 0 Å². The molecule has 1 aliphatic rings. The molecule has 116 valence electrons. The number of nitrogens with zero attached hydrogens (tertiary/aromatic N) is 1. The number of hydrogen-bond donors (Lipinski definition) is 1. The van der Waals surface area contributed by atoms with Gasteiger partial charge in [0.05, 0.1) is 12.1 Å². The lowest BCUT2D eigenvalue weighted by Gasteiger charge is -2.42. The standard InChI is InChI=1S/C15H28N2O3/c1-7-10(3)12-14(19)17(11(4)13(18)16-12)9-15(5,6)20-8-2/h10-12H,7-9H2,1-6H3,(H,16,18). The lowest BCUT2D eigenvalue weighted by molar-refractivity contribution is -0.154. The monoisotopic (exact) mass is 284 g/mol. The van der Waals surface area contributed by atoms with Gasteiger partial charge >= 0.3 is 0 Å². The summed E-state index contributed by atoms with van der Waals surface area (Å²) in [6, 6.07) is -0.858. The van der Waals surface area contributed by atoms with Gasteiger partial charge in [0, 0.05) is 6.61 Å². The van der Waals surface area contributed by atoms with Crippen LogP contribution in [0, 0.1) is 5.92 Å². The second-order valence-electron chi connectivity index (χ2n) is 6.21. The highest BCUT2D eigenvalue weighted by Gasteiger charge is 2.42. The van der Waals surface area contributed by atoms with Crippen molar-refractivity contribution in [2.24, 2.45) is 5.92 Å². The van der Waals surface area contributed by atoms with Crippen molar-refractivity contribution in [1.82, 2.24) is 10.2 Å². The van der Waals surface area contributed by atoms with Gasteiger partial charge in [0.25, 0.3) is 0 Å². The quantitative estimate of drug-likeness (QED) is 0.805. The van der Waals surface area contributed by atoms with Crippen LogP contribution in [0.25, 0.3) is 0 Å². The van der Waals surface area contributed by atoms with Crippen LogP contribution < -0.4 is 5.32 Å². The highest BCUT2D eigenvalue weighted by atomic mass is 16.5. The molecule has 5 heteroatoms. The molecule has 5 nitrogen and oxygen atoms in total. The van der Waals surface area contributed by atoms with Crippen LogP contribution in [0.15, 0.2) is 0 Å². The van der Waals surface area contributed by atoms with Gasteiger partial charge in [-0.25, -0.2) is 0 Å². The van der Waals surface area contributed by atoms with E-state index in [4.69, 9.17) is 4.74 Å². The summed E-state index contributed by atoms with van der Waals surface area (Å²) in [4.78, 5) is 26.4. The maximum atomic E-state index is 12.6. The highest BCUT2D eigenvalue weighted by molar-refractivity contribution is 5.96. The van der Waals surface area contributed by atoms with E-state index in [2.05, 4.69) is 5.32 Å². The summed E-state index contributed by atoms with van der Waals surface area (Å²) >= 11 is 0. The van der Waals surface area contributed by atoms with Crippen LogP contribution in [0.1, 0.15) is 48.0 Å². The molecule has 0 saturated carbocycles. The maximum Gasteiger partial charge on any atom is 0.246 e. The van der Waals surface area contributed by atoms with E-state index in [1.165, 1.54) is 0 Å². The Hall–Kier alpha value is -1.10. The van der Waals surface area contributed by atoms with E-state index in [1.54, 1.807) is 11.8 Å². The Morgan fingerprint density at radius 1 is 1.35 bits per heavy atom. The van der Waals surface area contributed by atoms with Crippen LogP contribution in [0.5, 0.6) is 0 Å². The van der Waals surface area contributed by atoms with Crippen molar-refractivity contribution in [3.63, 3.8) is 0 Å². The third kappa shape index (κ3) is 3.72. The molecule has 0 spiro atoms. The SMILES string of the molecule is CCOC(C)(C)CN1C(=O)C(C(C)CC)NC(=O)C1C. The summed E-state index contributed by atoms with van der Waals surface area (Å²) in [5.74, 6) is 0.0538. The Morgan fingerprint density at radius 2 is 1.95 bits per heavy atom. The normalized spacial score (nSPS) is 25.6. The fourth-order valence-electron chi connectivity index (χ4n) is 2.53. The summed E-state index contributed by atoms with van der Waals surface area (Å²) < 4.78 is 5.66. The molecule has 0 bridgehead atoms. The van der Waals surface area contributed by atoms with E-state index in [9.17, 15) is 9.59 Å². The van der Waals surface area contributed by atoms with Gasteiger partial charge in [-0.15, -0.1) is 0 Å². The van der Waals surface area contributed by atoms with Crippen LogP contribution in [0.3, 0.4) is 0 Å². The van der Waals surface area contributed by atoms with E-state index in [0.717, 1.165) is 6.42 Å². The molecule has 0 aliphatic carbocycles. The maximum absolute atomic E-state index is 12.6. The number of piperazine rings is 1. The van der Waals surface area contributed by atoms with Gasteiger partial charge in [-0.2, -0.15) is 0 Å². The topological polar surface area (TPSA) is 58.6 Å². The first-order chi connectivity index (χ1) is 9.23.